The van der Waals surface area contributed by atoms with E-state index in [0.717, 1.165) is 24.9 Å². The summed E-state index contributed by atoms with van der Waals surface area (Å²) in [5, 5.41) is 10.1. The molecule has 2 aliphatic rings. The van der Waals surface area contributed by atoms with Crippen molar-refractivity contribution >= 4 is 5.78 Å². The molecular formula is C16H21NO2. The fraction of sp³-hybridized carbons (Fsp3) is 0.562. The third kappa shape index (κ3) is 2.33. The van der Waals surface area contributed by atoms with E-state index in [1.54, 1.807) is 0 Å². The number of hydrogen-bond acceptors (Lipinski definition) is 3. The van der Waals surface area contributed by atoms with Crippen molar-refractivity contribution in [1.29, 1.82) is 0 Å². The minimum Gasteiger partial charge on any atom is -0.389 e. The van der Waals surface area contributed by atoms with Crippen molar-refractivity contribution in [2.24, 2.45) is 0 Å². The van der Waals surface area contributed by atoms with Gasteiger partial charge >= 0.3 is 0 Å². The second-order valence-corrected chi connectivity index (χ2v) is 6.39. The van der Waals surface area contributed by atoms with Crippen molar-refractivity contribution in [3.63, 3.8) is 0 Å². The van der Waals surface area contributed by atoms with Crippen LogP contribution in [0.2, 0.25) is 0 Å². The lowest BCUT2D eigenvalue weighted by atomic mass is 9.79. The van der Waals surface area contributed by atoms with E-state index in [0.29, 0.717) is 19.0 Å². The lowest BCUT2D eigenvalue weighted by Gasteiger charge is -2.42. The van der Waals surface area contributed by atoms with Crippen LogP contribution in [0, 0.1) is 0 Å². The molecule has 1 atom stereocenters. The van der Waals surface area contributed by atoms with Crippen molar-refractivity contribution in [3.8, 4) is 0 Å². The number of benzene rings is 1. The molecule has 19 heavy (non-hydrogen) atoms. The molecule has 3 heteroatoms. The quantitative estimate of drug-likeness (QED) is 0.886. The van der Waals surface area contributed by atoms with Gasteiger partial charge in [0.05, 0.1) is 5.60 Å². The molecule has 0 amide bonds. The van der Waals surface area contributed by atoms with Gasteiger partial charge in [-0.3, -0.25) is 9.69 Å². The van der Waals surface area contributed by atoms with E-state index in [1.165, 1.54) is 11.1 Å². The molecule has 0 saturated heterocycles. The molecule has 0 radical (unpaired) electrons. The van der Waals surface area contributed by atoms with Gasteiger partial charge in [-0.25, -0.2) is 0 Å². The zero-order valence-electron chi connectivity index (χ0n) is 11.6. The summed E-state index contributed by atoms with van der Waals surface area (Å²) in [6.07, 6.45) is 2.49. The minimum absolute atomic E-state index is 0.276. The summed E-state index contributed by atoms with van der Waals surface area (Å²) < 4.78 is 0. The number of Topliss-reactive ketones (excluding diaryl/α,β-unsaturated/α-hetero) is 1. The van der Waals surface area contributed by atoms with Gasteiger partial charge in [0.25, 0.3) is 0 Å². The minimum atomic E-state index is -0.687. The Kier molecular flexibility index (Phi) is 2.99. The molecular weight excluding hydrogens is 238 g/mol. The van der Waals surface area contributed by atoms with Crippen LogP contribution in [0.25, 0.3) is 0 Å². The Bertz CT molecular complexity index is 516. The van der Waals surface area contributed by atoms with Gasteiger partial charge in [-0.05, 0) is 37.8 Å². The van der Waals surface area contributed by atoms with Crippen LogP contribution in [0.4, 0.5) is 0 Å². The van der Waals surface area contributed by atoms with Gasteiger partial charge in [0.15, 0.2) is 5.78 Å². The molecule has 1 aliphatic heterocycles. The zero-order chi connectivity index (χ0) is 13.6. The maximum Gasteiger partial charge on any atom is 0.163 e. The van der Waals surface area contributed by atoms with Crippen LogP contribution in [-0.2, 0) is 6.42 Å². The summed E-state index contributed by atoms with van der Waals surface area (Å²) in [5.41, 5.74) is 2.78. The number of β-amino-alcohol motifs (C(OH)–C–C–N with tert-alkyl or cyclic N) is 1. The highest BCUT2D eigenvalue weighted by atomic mass is 16.3. The number of carbonyl (C=O) groups excluding carboxylic acids is 1. The van der Waals surface area contributed by atoms with E-state index >= 15 is 0 Å². The molecule has 0 bridgehead atoms. The SMILES string of the molecule is CC(C)(O)CN1CCc2cccc3c2C1CCC3=O. The van der Waals surface area contributed by atoms with Crippen LogP contribution >= 0.6 is 0 Å². The second-order valence-electron chi connectivity index (χ2n) is 6.39. The molecule has 3 rings (SSSR count). The van der Waals surface area contributed by atoms with Crippen LogP contribution in [-0.4, -0.2) is 34.5 Å². The Morgan fingerprint density at radius 1 is 1.37 bits per heavy atom. The van der Waals surface area contributed by atoms with E-state index < -0.39 is 5.60 Å². The van der Waals surface area contributed by atoms with Gasteiger partial charge < -0.3 is 5.11 Å². The molecule has 3 nitrogen and oxygen atoms in total. The van der Waals surface area contributed by atoms with Crippen molar-refractivity contribution in [1.82, 2.24) is 4.90 Å². The van der Waals surface area contributed by atoms with Crippen LogP contribution in [0.3, 0.4) is 0 Å². The summed E-state index contributed by atoms with van der Waals surface area (Å²) >= 11 is 0. The molecule has 1 aromatic carbocycles. The fourth-order valence-corrected chi connectivity index (χ4v) is 3.49. The van der Waals surface area contributed by atoms with Crippen LogP contribution in [0.1, 0.15) is 54.2 Å². The van der Waals surface area contributed by atoms with Gasteiger partial charge in [0.2, 0.25) is 0 Å². The van der Waals surface area contributed by atoms with Crippen LogP contribution in [0.5, 0.6) is 0 Å². The molecule has 0 saturated carbocycles. The van der Waals surface area contributed by atoms with Gasteiger partial charge in [-0.15, -0.1) is 0 Å². The fourth-order valence-electron chi connectivity index (χ4n) is 3.49. The number of aliphatic hydroxyl groups is 1. The first-order valence-electron chi connectivity index (χ1n) is 7.07. The number of hydrogen-bond donors (Lipinski definition) is 1. The molecule has 0 spiro atoms. The smallest absolute Gasteiger partial charge is 0.163 e. The largest absolute Gasteiger partial charge is 0.389 e. The maximum atomic E-state index is 12.0. The zero-order valence-corrected chi connectivity index (χ0v) is 11.6. The average molecular weight is 259 g/mol. The Hall–Kier alpha value is -1.19. The molecule has 1 aliphatic carbocycles. The van der Waals surface area contributed by atoms with Gasteiger partial charge in [0.1, 0.15) is 0 Å². The highest BCUT2D eigenvalue weighted by Crippen LogP contribution is 2.40. The van der Waals surface area contributed by atoms with E-state index in [-0.39, 0.29) is 5.78 Å². The van der Waals surface area contributed by atoms with Gasteiger partial charge in [-0.2, -0.15) is 0 Å². The standard InChI is InChI=1S/C16H21NO2/c1-16(2,19)10-17-9-8-11-4-3-5-12-14(18)7-6-13(17)15(11)12/h3-5,13,19H,6-10H2,1-2H3. The topological polar surface area (TPSA) is 40.5 Å². The Morgan fingerprint density at radius 2 is 2.16 bits per heavy atom. The predicted molar refractivity (Wildman–Crippen MR) is 74.3 cm³/mol. The third-order valence-corrected chi connectivity index (χ3v) is 4.17. The number of nitrogens with zero attached hydrogens (tertiary/aromatic N) is 1. The molecule has 1 aromatic rings. The third-order valence-electron chi connectivity index (χ3n) is 4.17. The normalized spacial score (nSPS) is 23.3. The summed E-state index contributed by atoms with van der Waals surface area (Å²) in [5.74, 6) is 0.276. The first-order chi connectivity index (χ1) is 8.96. The first kappa shape index (κ1) is 12.8. The highest BCUT2D eigenvalue weighted by Gasteiger charge is 2.36. The van der Waals surface area contributed by atoms with Crippen LogP contribution in [0.15, 0.2) is 18.2 Å². The summed E-state index contributed by atoms with van der Waals surface area (Å²) in [6, 6.07) is 6.41. The Labute approximate surface area is 114 Å². The van der Waals surface area contributed by atoms with E-state index in [1.807, 2.05) is 26.0 Å². The van der Waals surface area contributed by atoms with Crippen molar-refractivity contribution < 1.29 is 9.90 Å². The monoisotopic (exact) mass is 259 g/mol. The Morgan fingerprint density at radius 3 is 2.89 bits per heavy atom. The van der Waals surface area contributed by atoms with Crippen molar-refractivity contribution in [2.75, 3.05) is 13.1 Å². The lowest BCUT2D eigenvalue weighted by Crippen LogP contribution is -2.45. The van der Waals surface area contributed by atoms with E-state index in [4.69, 9.17) is 0 Å². The molecule has 0 fully saturated rings. The van der Waals surface area contributed by atoms with Crippen molar-refractivity contribution in [2.45, 2.75) is 44.8 Å². The number of rotatable bonds is 2. The highest BCUT2D eigenvalue weighted by molar-refractivity contribution is 5.99. The Balaban J connectivity index is 1.99. The molecule has 0 aromatic heterocycles. The maximum absolute atomic E-state index is 12.0. The average Bonchev–Trinajstić information content (AvgIpc) is 2.34. The number of carbonyl (C=O) groups is 1. The summed E-state index contributed by atoms with van der Waals surface area (Å²) in [4.78, 5) is 14.4. The molecule has 1 N–H and O–H groups in total. The predicted octanol–water partition coefficient (Wildman–Crippen LogP) is 2.33. The number of ketones is 1. The first-order valence-corrected chi connectivity index (χ1v) is 7.07. The summed E-state index contributed by atoms with van der Waals surface area (Å²) in [6.45, 7) is 5.34. The van der Waals surface area contributed by atoms with Crippen LogP contribution < -0.4 is 0 Å². The second kappa shape index (κ2) is 4.43. The van der Waals surface area contributed by atoms with Gasteiger partial charge in [0, 0.05) is 31.1 Å². The van der Waals surface area contributed by atoms with Gasteiger partial charge in [-0.1, -0.05) is 18.2 Å². The van der Waals surface area contributed by atoms with E-state index in [9.17, 15) is 9.90 Å². The molecule has 1 heterocycles. The molecule has 102 valence electrons. The molecule has 1 unspecified atom stereocenters. The van der Waals surface area contributed by atoms with E-state index in [2.05, 4.69) is 11.0 Å². The lowest BCUT2D eigenvalue weighted by molar-refractivity contribution is 0.0143. The summed E-state index contributed by atoms with van der Waals surface area (Å²) in [7, 11) is 0. The van der Waals surface area contributed by atoms with Crippen molar-refractivity contribution in [3.05, 3.63) is 34.9 Å².